The molecule has 0 aliphatic heterocycles. The van der Waals surface area contributed by atoms with Gasteiger partial charge in [-0.1, -0.05) is 37.3 Å². The van der Waals surface area contributed by atoms with Crippen LogP contribution in [0.5, 0.6) is 0 Å². The summed E-state index contributed by atoms with van der Waals surface area (Å²) in [5.41, 5.74) is 1.26. The molecule has 1 unspecified atom stereocenters. The van der Waals surface area contributed by atoms with Crippen molar-refractivity contribution < 1.29 is 14.7 Å². The first-order valence-corrected chi connectivity index (χ1v) is 11.4. The van der Waals surface area contributed by atoms with E-state index in [-0.39, 0.29) is 0 Å². The molecule has 0 aliphatic carbocycles. The second kappa shape index (κ2) is 9.22. The second-order valence-electron chi connectivity index (χ2n) is 4.17. The Labute approximate surface area is 122 Å². The van der Waals surface area contributed by atoms with Crippen molar-refractivity contribution in [3.8, 4) is 0 Å². The van der Waals surface area contributed by atoms with E-state index in [0.717, 1.165) is 24.3 Å². The van der Waals surface area contributed by atoms with E-state index in [1.165, 1.54) is 5.56 Å². The Morgan fingerprint density at radius 2 is 1.79 bits per heavy atom. The second-order valence-corrected chi connectivity index (χ2v) is 11.4. The summed E-state index contributed by atoms with van der Waals surface area (Å²) in [5.74, 6) is 3.30. The van der Waals surface area contributed by atoms with Gasteiger partial charge in [-0.2, -0.15) is 11.8 Å². The van der Waals surface area contributed by atoms with E-state index in [0.29, 0.717) is 11.5 Å². The third kappa shape index (κ3) is 7.54. The van der Waals surface area contributed by atoms with Crippen LogP contribution in [0.1, 0.15) is 18.9 Å². The third-order valence-corrected chi connectivity index (χ3v) is 9.16. The predicted molar refractivity (Wildman–Crippen MR) is 88.4 cm³/mol. The minimum atomic E-state index is -3.67. The molecule has 0 saturated heterocycles. The van der Waals surface area contributed by atoms with Crippen LogP contribution in [-0.4, -0.2) is 37.7 Å². The summed E-state index contributed by atoms with van der Waals surface area (Å²) in [6, 6.07) is 10.2. The minimum absolute atomic E-state index is 0.660. The highest BCUT2D eigenvalue weighted by molar-refractivity contribution is 8.27. The molecular weight excluding hydrogens is 299 g/mol. The molecule has 3 nitrogen and oxygen atoms in total. The molecule has 0 aromatic heterocycles. The van der Waals surface area contributed by atoms with Crippen molar-refractivity contribution in [1.82, 2.24) is 0 Å². The molecule has 0 spiro atoms. The molecule has 1 aromatic rings. The van der Waals surface area contributed by atoms with Crippen LogP contribution >= 0.6 is 18.5 Å². The van der Waals surface area contributed by atoms with Gasteiger partial charge in [0.15, 0.2) is 0 Å². The zero-order valence-corrected chi connectivity index (χ0v) is 13.8. The van der Waals surface area contributed by atoms with Crippen molar-refractivity contribution in [2.24, 2.45) is 0 Å². The Morgan fingerprint density at radius 1 is 1.11 bits per heavy atom. The van der Waals surface area contributed by atoms with E-state index in [2.05, 4.69) is 19.1 Å². The van der Waals surface area contributed by atoms with Gasteiger partial charge in [-0.05, 0) is 29.9 Å². The Morgan fingerprint density at radius 3 is 2.37 bits per heavy atom. The van der Waals surface area contributed by atoms with E-state index >= 15 is 0 Å². The molecule has 0 heterocycles. The number of benzene rings is 1. The largest absolute Gasteiger partial charge is 0.329 e. The van der Waals surface area contributed by atoms with Crippen LogP contribution in [0, 0.1) is 0 Å². The normalized spacial score (nSPS) is 13.5. The highest BCUT2D eigenvalue weighted by Gasteiger charge is 2.12. The summed E-state index contributed by atoms with van der Waals surface area (Å²) in [7, 11) is -0.660. The zero-order chi connectivity index (χ0) is 14.1. The first-order chi connectivity index (χ1) is 9.04. The lowest BCUT2D eigenvalue weighted by atomic mass is 10.1. The molecule has 19 heavy (non-hydrogen) atoms. The lowest BCUT2D eigenvalue weighted by Crippen LogP contribution is -2.08. The fourth-order valence-electron chi connectivity index (χ4n) is 1.73. The van der Waals surface area contributed by atoms with Crippen LogP contribution in [0.2, 0.25) is 0 Å². The molecule has 0 radical (unpaired) electrons. The zero-order valence-electron chi connectivity index (χ0n) is 11.2. The molecule has 1 aromatic carbocycles. The molecular formula is C13H23O3PS2. The van der Waals surface area contributed by atoms with Crippen LogP contribution in [0.15, 0.2) is 30.3 Å². The minimum Gasteiger partial charge on any atom is -0.329 e. The Balaban J connectivity index is 2.46. The Hall–Kier alpha value is 0.230. The molecule has 1 atom stereocenters. The monoisotopic (exact) mass is 322 g/mol. The van der Waals surface area contributed by atoms with Gasteiger partial charge in [0.2, 0.25) is 0 Å². The van der Waals surface area contributed by atoms with Gasteiger partial charge in [-0.25, -0.2) is 0 Å². The summed E-state index contributed by atoms with van der Waals surface area (Å²) in [6.07, 6.45) is 1.80. The van der Waals surface area contributed by atoms with Gasteiger partial charge < -0.3 is 14.7 Å². The molecule has 1 rings (SSSR count). The third-order valence-electron chi connectivity index (χ3n) is 2.70. The average molecular weight is 322 g/mol. The van der Waals surface area contributed by atoms with Crippen LogP contribution in [0.3, 0.4) is 0 Å². The lowest BCUT2D eigenvalue weighted by molar-refractivity contribution is 0.362. The van der Waals surface area contributed by atoms with Gasteiger partial charge in [0, 0.05) is 11.5 Å². The van der Waals surface area contributed by atoms with E-state index in [1.807, 2.05) is 18.2 Å². The van der Waals surface area contributed by atoms with Gasteiger partial charge in [0.1, 0.15) is 0 Å². The van der Waals surface area contributed by atoms with Crippen molar-refractivity contribution in [2.45, 2.75) is 19.8 Å². The number of hydrogen-bond donors (Lipinski definition) is 3. The standard InChI is InChI=1S/C13H23O3PS2/c1-2-18-10-12-19(17(14,15)16)11-6-9-13-7-4-3-5-8-13/h3-5,7-8,14-16H,2,6,9-12H2,1H3. The lowest BCUT2D eigenvalue weighted by Gasteiger charge is -2.15. The SMILES string of the molecule is CCSCCS(CCCc1ccccc1)=P(O)(O)O. The van der Waals surface area contributed by atoms with Crippen LogP contribution < -0.4 is 0 Å². The summed E-state index contributed by atoms with van der Waals surface area (Å²) >= 11 is 1.77. The molecule has 3 N–H and O–H groups in total. The summed E-state index contributed by atoms with van der Waals surface area (Å²) in [6.45, 7) is -1.59. The highest BCUT2D eigenvalue weighted by Crippen LogP contribution is 2.37. The quantitative estimate of drug-likeness (QED) is 0.509. The first-order valence-electron chi connectivity index (χ1n) is 6.41. The molecule has 0 aliphatic rings. The summed E-state index contributed by atoms with van der Waals surface area (Å²) in [4.78, 5) is 28.5. The fourth-order valence-corrected chi connectivity index (χ4v) is 6.96. The summed E-state index contributed by atoms with van der Waals surface area (Å²) in [5, 5.41) is 0. The molecule has 0 fully saturated rings. The van der Waals surface area contributed by atoms with Crippen LogP contribution in [0.25, 0.3) is 0 Å². The molecule has 110 valence electrons. The fraction of sp³-hybridized carbons (Fsp3) is 0.538. The number of thioether (sulfide) groups is 1. The Bertz CT molecular complexity index is 409. The molecule has 6 heteroatoms. The van der Waals surface area contributed by atoms with Gasteiger partial charge in [-0.3, -0.25) is 0 Å². The van der Waals surface area contributed by atoms with Gasteiger partial charge >= 0.3 is 0 Å². The molecule has 0 bridgehead atoms. The van der Waals surface area contributed by atoms with Crippen molar-refractivity contribution in [1.29, 1.82) is 0 Å². The van der Waals surface area contributed by atoms with Crippen molar-refractivity contribution in [3.63, 3.8) is 0 Å². The summed E-state index contributed by atoms with van der Waals surface area (Å²) < 4.78 is 0. The maximum absolute atomic E-state index is 9.50. The van der Waals surface area contributed by atoms with Crippen LogP contribution in [0.4, 0.5) is 0 Å². The average Bonchev–Trinajstić information content (AvgIpc) is 2.37. The van der Waals surface area contributed by atoms with E-state index in [1.54, 1.807) is 11.8 Å². The smallest absolute Gasteiger partial charge is 0.277 e. The number of hydrogen-bond acceptors (Lipinski definition) is 1. The van der Waals surface area contributed by atoms with E-state index in [9.17, 15) is 14.7 Å². The van der Waals surface area contributed by atoms with Crippen molar-refractivity contribution >= 4 is 28.6 Å². The number of rotatable bonds is 8. The van der Waals surface area contributed by atoms with E-state index in [4.69, 9.17) is 0 Å². The number of aryl methyl sites for hydroxylation is 1. The van der Waals surface area contributed by atoms with Gasteiger partial charge in [0.05, 0.1) is 0 Å². The van der Waals surface area contributed by atoms with Crippen molar-refractivity contribution in [3.05, 3.63) is 35.9 Å². The predicted octanol–water partition coefficient (Wildman–Crippen LogP) is 2.65. The molecule has 0 saturated carbocycles. The van der Waals surface area contributed by atoms with Gasteiger partial charge in [-0.15, -0.1) is 10.1 Å². The maximum atomic E-state index is 9.50. The topological polar surface area (TPSA) is 60.7 Å². The molecule has 0 amide bonds. The first kappa shape index (κ1) is 17.3. The van der Waals surface area contributed by atoms with Gasteiger partial charge in [0.25, 0.3) is 6.72 Å². The van der Waals surface area contributed by atoms with Crippen molar-refractivity contribution in [2.75, 3.05) is 23.0 Å². The maximum Gasteiger partial charge on any atom is 0.277 e. The Kier molecular flexibility index (Phi) is 8.38. The van der Waals surface area contributed by atoms with E-state index < -0.39 is 16.8 Å². The van der Waals surface area contributed by atoms with Crippen LogP contribution in [-0.2, 0) is 16.5 Å². The highest BCUT2D eigenvalue weighted by atomic mass is 32.5.